The summed E-state index contributed by atoms with van der Waals surface area (Å²) in [6.07, 6.45) is 0. The minimum atomic E-state index is 0.154. The molecule has 0 fully saturated rings. The Kier molecular flexibility index (Phi) is 4.23. The summed E-state index contributed by atoms with van der Waals surface area (Å²) in [7, 11) is 4.89. The topological polar surface area (TPSA) is 50.7 Å². The number of halogens is 1. The number of aromatic hydroxyl groups is 1. The maximum Gasteiger partial charge on any atom is 0.145 e. The van der Waals surface area contributed by atoms with Crippen LogP contribution in [0.1, 0.15) is 5.56 Å². The largest absolute Gasteiger partial charge is 0.507 e. The molecule has 84 valence electrons. The Balaban J connectivity index is 3.32. The number of rotatable bonds is 4. The van der Waals surface area contributed by atoms with Gasteiger partial charge in [0.1, 0.15) is 21.7 Å². The van der Waals surface area contributed by atoms with Gasteiger partial charge in [-0.25, -0.2) is 0 Å². The van der Waals surface area contributed by atoms with Crippen LogP contribution in [-0.4, -0.2) is 26.4 Å². The van der Waals surface area contributed by atoms with Gasteiger partial charge in [0.05, 0.1) is 19.8 Å². The Labute approximate surface area is 97.3 Å². The van der Waals surface area contributed by atoms with Crippen LogP contribution in [0.4, 0.5) is 0 Å². The van der Waals surface area contributed by atoms with Gasteiger partial charge in [0, 0.05) is 12.6 Å². The molecule has 0 spiro atoms. The van der Waals surface area contributed by atoms with Crippen LogP contribution >= 0.6 is 15.9 Å². The van der Waals surface area contributed by atoms with Gasteiger partial charge >= 0.3 is 0 Å². The van der Waals surface area contributed by atoms with Gasteiger partial charge in [0.15, 0.2) is 0 Å². The first-order valence-corrected chi connectivity index (χ1v) is 5.21. The first-order valence-electron chi connectivity index (χ1n) is 4.42. The second-order valence-electron chi connectivity index (χ2n) is 2.95. The maximum atomic E-state index is 9.77. The number of hydrogen-bond acceptors (Lipinski definition) is 4. The summed E-state index contributed by atoms with van der Waals surface area (Å²) in [6.45, 7) is 0.525. The maximum absolute atomic E-state index is 9.77. The third kappa shape index (κ3) is 2.35. The summed E-state index contributed by atoms with van der Waals surface area (Å²) >= 11 is 3.37. The molecule has 1 rings (SSSR count). The van der Waals surface area contributed by atoms with Crippen LogP contribution in [0.2, 0.25) is 0 Å². The summed E-state index contributed by atoms with van der Waals surface area (Å²) in [5.74, 6) is 1.28. The lowest BCUT2D eigenvalue weighted by atomic mass is 10.1. The van der Waals surface area contributed by atoms with Gasteiger partial charge in [-0.3, -0.25) is 0 Å². The van der Waals surface area contributed by atoms with Crippen LogP contribution in [0, 0.1) is 0 Å². The third-order valence-corrected chi connectivity index (χ3v) is 2.80. The summed E-state index contributed by atoms with van der Waals surface area (Å²) in [5.41, 5.74) is 0.702. The van der Waals surface area contributed by atoms with Crippen LogP contribution in [0.5, 0.6) is 17.2 Å². The first-order chi connectivity index (χ1) is 7.15. The highest BCUT2D eigenvalue weighted by molar-refractivity contribution is 9.10. The Bertz CT molecular complexity index is 355. The average Bonchev–Trinajstić information content (AvgIpc) is 2.23. The van der Waals surface area contributed by atoms with E-state index in [2.05, 4.69) is 21.2 Å². The van der Waals surface area contributed by atoms with E-state index >= 15 is 0 Å². The smallest absolute Gasteiger partial charge is 0.145 e. The summed E-state index contributed by atoms with van der Waals surface area (Å²) in [6, 6.07) is 1.55. The van der Waals surface area contributed by atoms with Crippen LogP contribution in [0.15, 0.2) is 10.5 Å². The second-order valence-corrected chi connectivity index (χ2v) is 3.75. The average molecular weight is 276 g/mol. The summed E-state index contributed by atoms with van der Waals surface area (Å²) < 4.78 is 11.0. The molecule has 0 saturated heterocycles. The van der Waals surface area contributed by atoms with Gasteiger partial charge in [-0.05, 0) is 23.0 Å². The molecule has 2 N–H and O–H groups in total. The molecular weight excluding hydrogens is 262 g/mol. The molecule has 15 heavy (non-hydrogen) atoms. The Morgan fingerprint density at radius 3 is 2.53 bits per heavy atom. The molecule has 1 aromatic rings. The van der Waals surface area contributed by atoms with Crippen LogP contribution in [0.3, 0.4) is 0 Å². The van der Waals surface area contributed by atoms with Gasteiger partial charge in [-0.15, -0.1) is 0 Å². The van der Waals surface area contributed by atoms with E-state index in [9.17, 15) is 5.11 Å². The fourth-order valence-electron chi connectivity index (χ4n) is 1.34. The van der Waals surface area contributed by atoms with E-state index in [0.717, 1.165) is 0 Å². The molecule has 4 nitrogen and oxygen atoms in total. The highest BCUT2D eigenvalue weighted by atomic mass is 79.9. The summed E-state index contributed by atoms with van der Waals surface area (Å²) in [4.78, 5) is 0. The molecule has 0 radical (unpaired) electrons. The lowest BCUT2D eigenvalue weighted by Gasteiger charge is -2.14. The fourth-order valence-corrected chi connectivity index (χ4v) is 2.02. The molecule has 0 atom stereocenters. The molecule has 5 heteroatoms. The van der Waals surface area contributed by atoms with Gasteiger partial charge in [-0.2, -0.15) is 0 Å². The predicted octanol–water partition coefficient (Wildman–Crippen LogP) is 1.89. The lowest BCUT2D eigenvalue weighted by Crippen LogP contribution is -2.07. The number of benzene rings is 1. The van der Waals surface area contributed by atoms with Crippen LogP contribution in [0.25, 0.3) is 0 Å². The van der Waals surface area contributed by atoms with Gasteiger partial charge < -0.3 is 19.9 Å². The zero-order valence-electron chi connectivity index (χ0n) is 8.93. The number of phenolic OH excluding ortho intramolecular Hbond substituents is 1. The van der Waals surface area contributed by atoms with Crippen molar-refractivity contribution >= 4 is 15.9 Å². The minimum Gasteiger partial charge on any atom is -0.507 e. The molecular formula is C10H14BrNO3. The Morgan fingerprint density at radius 2 is 2.07 bits per heavy atom. The first kappa shape index (κ1) is 12.1. The molecule has 0 heterocycles. The summed E-state index contributed by atoms with van der Waals surface area (Å²) in [5, 5.41) is 12.7. The van der Waals surface area contributed by atoms with Crippen molar-refractivity contribution < 1.29 is 14.6 Å². The second kappa shape index (κ2) is 5.23. The van der Waals surface area contributed by atoms with Crippen LogP contribution < -0.4 is 14.8 Å². The van der Waals surface area contributed by atoms with Gasteiger partial charge in [0.25, 0.3) is 0 Å². The molecule has 0 amide bonds. The van der Waals surface area contributed by atoms with E-state index in [0.29, 0.717) is 28.1 Å². The molecule has 0 aliphatic carbocycles. The molecule has 0 aliphatic heterocycles. The highest BCUT2D eigenvalue weighted by Crippen LogP contribution is 2.42. The van der Waals surface area contributed by atoms with Crippen molar-refractivity contribution in [2.45, 2.75) is 6.54 Å². The SMILES string of the molecule is CNCc1c(O)cc(OC)c(Br)c1OC. The lowest BCUT2D eigenvalue weighted by molar-refractivity contribution is 0.373. The van der Waals surface area contributed by atoms with Crippen molar-refractivity contribution in [2.75, 3.05) is 21.3 Å². The minimum absolute atomic E-state index is 0.154. The number of phenols is 1. The van der Waals surface area contributed by atoms with E-state index in [1.807, 2.05) is 0 Å². The number of methoxy groups -OCH3 is 2. The molecule has 0 aromatic heterocycles. The van der Waals surface area contributed by atoms with Crippen molar-refractivity contribution in [1.82, 2.24) is 5.32 Å². The van der Waals surface area contributed by atoms with Crippen molar-refractivity contribution in [3.8, 4) is 17.2 Å². The van der Waals surface area contributed by atoms with Crippen molar-refractivity contribution in [1.29, 1.82) is 0 Å². The number of ether oxygens (including phenoxy) is 2. The van der Waals surface area contributed by atoms with Crippen molar-refractivity contribution in [3.63, 3.8) is 0 Å². The van der Waals surface area contributed by atoms with E-state index in [-0.39, 0.29) is 5.75 Å². The Morgan fingerprint density at radius 1 is 1.40 bits per heavy atom. The van der Waals surface area contributed by atoms with Crippen LogP contribution in [-0.2, 0) is 6.54 Å². The van der Waals surface area contributed by atoms with Crippen molar-refractivity contribution in [2.24, 2.45) is 0 Å². The number of hydrogen-bond donors (Lipinski definition) is 2. The Hall–Kier alpha value is -0.940. The molecule has 0 aliphatic rings. The van der Waals surface area contributed by atoms with E-state index in [4.69, 9.17) is 9.47 Å². The molecule has 0 unspecified atom stereocenters. The standard InChI is InChI=1S/C10H14BrNO3/c1-12-5-6-7(13)4-8(14-2)9(11)10(6)15-3/h4,12-13H,5H2,1-3H3. The zero-order chi connectivity index (χ0) is 11.4. The zero-order valence-corrected chi connectivity index (χ0v) is 10.5. The fraction of sp³-hybridized carbons (Fsp3) is 0.400. The predicted molar refractivity (Wildman–Crippen MR) is 61.7 cm³/mol. The normalized spacial score (nSPS) is 10.1. The third-order valence-electron chi connectivity index (χ3n) is 2.04. The van der Waals surface area contributed by atoms with Gasteiger partial charge in [0.2, 0.25) is 0 Å². The highest BCUT2D eigenvalue weighted by Gasteiger charge is 2.16. The van der Waals surface area contributed by atoms with Crippen molar-refractivity contribution in [3.05, 3.63) is 16.1 Å². The molecule has 0 saturated carbocycles. The van der Waals surface area contributed by atoms with E-state index < -0.39 is 0 Å². The van der Waals surface area contributed by atoms with E-state index in [1.54, 1.807) is 20.2 Å². The molecule has 0 bridgehead atoms. The quantitative estimate of drug-likeness (QED) is 0.881. The van der Waals surface area contributed by atoms with Gasteiger partial charge in [-0.1, -0.05) is 0 Å². The monoisotopic (exact) mass is 275 g/mol. The number of nitrogens with one attached hydrogen (secondary N) is 1. The van der Waals surface area contributed by atoms with E-state index in [1.165, 1.54) is 7.11 Å². The molecule has 1 aromatic carbocycles.